The van der Waals surface area contributed by atoms with E-state index in [1.54, 1.807) is 17.0 Å². The lowest BCUT2D eigenvalue weighted by Crippen LogP contribution is -2.23. The number of carbonyl (C=O) groups is 2. The molecule has 0 N–H and O–H groups in total. The minimum absolute atomic E-state index is 0.0224. The summed E-state index contributed by atoms with van der Waals surface area (Å²) in [4.78, 5) is 26.2. The third kappa shape index (κ3) is 4.10. The molecule has 7 heteroatoms. The minimum atomic E-state index is 0.0224. The van der Waals surface area contributed by atoms with Gasteiger partial charge >= 0.3 is 0 Å². The fourth-order valence-electron chi connectivity index (χ4n) is 3.36. The zero-order valence-corrected chi connectivity index (χ0v) is 17.3. The van der Waals surface area contributed by atoms with Gasteiger partial charge in [0, 0.05) is 36.8 Å². The summed E-state index contributed by atoms with van der Waals surface area (Å²) in [5.41, 5.74) is 3.67. The highest BCUT2D eigenvalue weighted by molar-refractivity contribution is 7.99. The number of thioether (sulfide) groups is 1. The van der Waals surface area contributed by atoms with Crippen molar-refractivity contribution in [1.29, 1.82) is 0 Å². The number of hydrogen-bond donors (Lipinski definition) is 0. The number of benzene rings is 2. The maximum absolute atomic E-state index is 12.6. The molecule has 0 radical (unpaired) electrons. The molecule has 0 spiro atoms. The second-order valence-electron chi connectivity index (χ2n) is 7.14. The summed E-state index contributed by atoms with van der Waals surface area (Å²) in [5.74, 6) is 1.22. The Labute approximate surface area is 173 Å². The fourth-order valence-corrected chi connectivity index (χ4v) is 4.16. The van der Waals surface area contributed by atoms with Crippen LogP contribution in [0.25, 0.3) is 11.4 Å². The van der Waals surface area contributed by atoms with Crippen molar-refractivity contribution in [2.45, 2.75) is 24.9 Å². The standard InChI is InChI=1S/C22H22N4O2S/c1-15-5-7-17(8-6-15)21-23-24-22(25(21)2)29-14-19(27)16-9-11-18(12-10-16)26-13-3-4-20(26)28/h5-12H,3-4,13-14H2,1-2H3. The molecule has 1 aliphatic heterocycles. The van der Waals surface area contributed by atoms with Gasteiger partial charge in [-0.25, -0.2) is 0 Å². The molecule has 0 aliphatic carbocycles. The molecule has 4 rings (SSSR count). The van der Waals surface area contributed by atoms with Gasteiger partial charge in [0.1, 0.15) is 0 Å². The van der Waals surface area contributed by atoms with Gasteiger partial charge < -0.3 is 9.47 Å². The number of amides is 1. The lowest BCUT2D eigenvalue weighted by atomic mass is 10.1. The molecule has 3 aromatic rings. The van der Waals surface area contributed by atoms with Gasteiger partial charge in [-0.3, -0.25) is 9.59 Å². The van der Waals surface area contributed by atoms with Gasteiger partial charge in [0.15, 0.2) is 16.8 Å². The molecule has 29 heavy (non-hydrogen) atoms. The van der Waals surface area contributed by atoms with Crippen molar-refractivity contribution in [2.75, 3.05) is 17.2 Å². The second-order valence-corrected chi connectivity index (χ2v) is 8.08. The topological polar surface area (TPSA) is 68.1 Å². The van der Waals surface area contributed by atoms with E-state index in [0.717, 1.165) is 30.0 Å². The summed E-state index contributed by atoms with van der Waals surface area (Å²) in [6.07, 6.45) is 1.48. The molecule has 1 saturated heterocycles. The molecule has 1 fully saturated rings. The number of rotatable bonds is 6. The number of aromatic nitrogens is 3. The summed E-state index contributed by atoms with van der Waals surface area (Å²) in [5, 5.41) is 9.21. The number of anilines is 1. The summed E-state index contributed by atoms with van der Waals surface area (Å²) in [7, 11) is 1.91. The highest BCUT2D eigenvalue weighted by atomic mass is 32.2. The molecular formula is C22H22N4O2S. The Kier molecular flexibility index (Phi) is 5.49. The minimum Gasteiger partial charge on any atom is -0.312 e. The number of Topliss-reactive ketones (excluding diaryl/α,β-unsaturated/α-hetero) is 1. The lowest BCUT2D eigenvalue weighted by molar-refractivity contribution is -0.117. The van der Waals surface area contributed by atoms with Gasteiger partial charge in [0.05, 0.1) is 5.75 Å². The fraction of sp³-hybridized carbons (Fsp3) is 0.273. The van der Waals surface area contributed by atoms with Crippen LogP contribution in [-0.4, -0.2) is 38.8 Å². The van der Waals surface area contributed by atoms with Crippen molar-refractivity contribution in [1.82, 2.24) is 14.8 Å². The summed E-state index contributed by atoms with van der Waals surface area (Å²) in [6.45, 7) is 2.79. The van der Waals surface area contributed by atoms with E-state index >= 15 is 0 Å². The normalized spacial score (nSPS) is 13.9. The Bertz CT molecular complexity index is 1040. The van der Waals surface area contributed by atoms with Gasteiger partial charge in [-0.15, -0.1) is 10.2 Å². The van der Waals surface area contributed by atoms with Crippen LogP contribution in [-0.2, 0) is 11.8 Å². The molecule has 0 atom stereocenters. The van der Waals surface area contributed by atoms with E-state index in [-0.39, 0.29) is 17.4 Å². The van der Waals surface area contributed by atoms with Crippen molar-refractivity contribution in [3.63, 3.8) is 0 Å². The third-order valence-electron chi connectivity index (χ3n) is 5.05. The Morgan fingerprint density at radius 3 is 2.45 bits per heavy atom. The van der Waals surface area contributed by atoms with Crippen LogP contribution in [0.1, 0.15) is 28.8 Å². The van der Waals surface area contributed by atoms with Crippen molar-refractivity contribution >= 4 is 29.1 Å². The Hall–Kier alpha value is -2.93. The van der Waals surface area contributed by atoms with E-state index in [1.165, 1.54) is 17.3 Å². The molecule has 6 nitrogen and oxygen atoms in total. The highest BCUT2D eigenvalue weighted by Gasteiger charge is 2.21. The summed E-state index contributed by atoms with van der Waals surface area (Å²) in [6, 6.07) is 15.4. The van der Waals surface area contributed by atoms with Crippen LogP contribution in [0.3, 0.4) is 0 Å². The Morgan fingerprint density at radius 2 is 1.79 bits per heavy atom. The van der Waals surface area contributed by atoms with E-state index in [9.17, 15) is 9.59 Å². The van der Waals surface area contributed by atoms with Gasteiger partial charge in [-0.1, -0.05) is 41.6 Å². The smallest absolute Gasteiger partial charge is 0.227 e. The molecule has 2 aromatic carbocycles. The number of ketones is 1. The molecule has 0 unspecified atom stereocenters. The van der Waals surface area contributed by atoms with E-state index in [2.05, 4.69) is 10.2 Å². The molecule has 1 amide bonds. The number of carbonyl (C=O) groups excluding carboxylic acids is 2. The maximum atomic E-state index is 12.6. The van der Waals surface area contributed by atoms with E-state index in [1.807, 2.05) is 54.9 Å². The molecule has 0 saturated carbocycles. The van der Waals surface area contributed by atoms with Crippen LogP contribution in [0.5, 0.6) is 0 Å². The number of nitrogens with zero attached hydrogens (tertiary/aromatic N) is 4. The van der Waals surface area contributed by atoms with Gasteiger partial charge in [0.25, 0.3) is 0 Å². The third-order valence-corrected chi connectivity index (χ3v) is 6.07. The Balaban J connectivity index is 1.41. The molecule has 2 heterocycles. The number of hydrogen-bond acceptors (Lipinski definition) is 5. The zero-order chi connectivity index (χ0) is 20.4. The first-order valence-corrected chi connectivity index (χ1v) is 10.5. The SMILES string of the molecule is Cc1ccc(-c2nnc(SCC(=O)c3ccc(N4CCCC4=O)cc3)n2C)cc1. The highest BCUT2D eigenvalue weighted by Crippen LogP contribution is 2.25. The van der Waals surface area contributed by atoms with Crippen molar-refractivity contribution in [3.05, 3.63) is 59.7 Å². The average molecular weight is 407 g/mol. The average Bonchev–Trinajstić information content (AvgIpc) is 3.32. The van der Waals surface area contributed by atoms with E-state index < -0.39 is 0 Å². The van der Waals surface area contributed by atoms with Crippen molar-refractivity contribution < 1.29 is 9.59 Å². The van der Waals surface area contributed by atoms with Crippen molar-refractivity contribution in [3.8, 4) is 11.4 Å². The van der Waals surface area contributed by atoms with Crippen LogP contribution in [0, 0.1) is 6.92 Å². The lowest BCUT2D eigenvalue weighted by Gasteiger charge is -2.15. The first-order chi connectivity index (χ1) is 14.0. The molecule has 1 aromatic heterocycles. The van der Waals surface area contributed by atoms with E-state index in [0.29, 0.717) is 17.1 Å². The summed E-state index contributed by atoms with van der Waals surface area (Å²) < 4.78 is 1.91. The summed E-state index contributed by atoms with van der Waals surface area (Å²) >= 11 is 1.37. The molecule has 0 bridgehead atoms. The predicted molar refractivity (Wildman–Crippen MR) is 114 cm³/mol. The van der Waals surface area contributed by atoms with Gasteiger partial charge in [-0.05, 0) is 37.6 Å². The monoisotopic (exact) mass is 406 g/mol. The quantitative estimate of drug-likeness (QED) is 0.459. The van der Waals surface area contributed by atoms with Crippen LogP contribution in [0.15, 0.2) is 53.7 Å². The van der Waals surface area contributed by atoms with Crippen LogP contribution >= 0.6 is 11.8 Å². The zero-order valence-electron chi connectivity index (χ0n) is 16.5. The predicted octanol–water partition coefficient (Wildman–Crippen LogP) is 3.89. The first kappa shape index (κ1) is 19.4. The van der Waals surface area contributed by atoms with Crippen molar-refractivity contribution in [2.24, 2.45) is 7.05 Å². The largest absolute Gasteiger partial charge is 0.312 e. The van der Waals surface area contributed by atoms with Crippen LogP contribution in [0.4, 0.5) is 5.69 Å². The van der Waals surface area contributed by atoms with Gasteiger partial charge in [-0.2, -0.15) is 0 Å². The molecule has 148 valence electrons. The van der Waals surface area contributed by atoms with E-state index in [4.69, 9.17) is 0 Å². The van der Waals surface area contributed by atoms with Crippen LogP contribution in [0.2, 0.25) is 0 Å². The maximum Gasteiger partial charge on any atom is 0.227 e. The van der Waals surface area contributed by atoms with Crippen LogP contribution < -0.4 is 4.90 Å². The number of aryl methyl sites for hydroxylation is 1. The second kappa shape index (κ2) is 8.21. The Morgan fingerprint density at radius 1 is 1.07 bits per heavy atom. The molecule has 1 aliphatic rings. The first-order valence-electron chi connectivity index (χ1n) is 9.56. The van der Waals surface area contributed by atoms with Gasteiger partial charge in [0.2, 0.25) is 5.91 Å². The molecular weight excluding hydrogens is 384 g/mol.